The smallest absolute Gasteiger partial charge is 0.213 e. The highest BCUT2D eigenvalue weighted by atomic mass is 15.2. The van der Waals surface area contributed by atoms with Crippen molar-refractivity contribution in [3.8, 4) is 0 Å². The molecule has 142 valence electrons. The lowest BCUT2D eigenvalue weighted by atomic mass is 9.78. The minimum atomic E-state index is -0.119. The van der Waals surface area contributed by atoms with Gasteiger partial charge in [-0.25, -0.2) is 9.55 Å². The fraction of sp³-hybridized carbons (Fsp3) is 0.360. The highest BCUT2D eigenvalue weighted by Crippen LogP contribution is 2.45. The molecule has 0 saturated heterocycles. The maximum Gasteiger partial charge on any atom is 0.299 e. The molecule has 28 heavy (non-hydrogen) atoms. The molecule has 0 fully saturated rings. The van der Waals surface area contributed by atoms with Crippen LogP contribution in [-0.2, 0) is 11.0 Å². The number of imidazole rings is 1. The van der Waals surface area contributed by atoms with Crippen LogP contribution in [0.2, 0.25) is 0 Å². The molecular formula is C25H28N3+. The second-order valence-electron chi connectivity index (χ2n) is 9.09. The molecule has 0 radical (unpaired) electrons. The standard InChI is InChI=1S/C25H28N3/c1-7-25(8-2)16(3)17-12-11-13-18-21(17)22-27(23(26-18)24(4,5)6)19-14-9-10-15-20(19)28(22)25/h9-15H,3,7-8H2,1-2,4-6H3/q+1. The summed E-state index contributed by atoms with van der Waals surface area (Å²) in [6.45, 7) is 16.0. The van der Waals surface area contributed by atoms with Crippen LogP contribution in [0.5, 0.6) is 0 Å². The van der Waals surface area contributed by atoms with Crippen molar-refractivity contribution in [3.63, 3.8) is 0 Å². The molecule has 4 aromatic rings. The molecule has 3 heterocycles. The third kappa shape index (κ3) is 1.89. The largest absolute Gasteiger partial charge is 0.299 e. The van der Waals surface area contributed by atoms with Gasteiger partial charge in [0.25, 0.3) is 5.65 Å². The second-order valence-corrected chi connectivity index (χ2v) is 9.09. The number of allylic oxidation sites excluding steroid dienone is 1. The first-order chi connectivity index (χ1) is 13.3. The molecule has 0 saturated carbocycles. The molecule has 1 aliphatic heterocycles. The molecule has 0 aliphatic carbocycles. The summed E-state index contributed by atoms with van der Waals surface area (Å²) < 4.78 is 4.98. The van der Waals surface area contributed by atoms with Gasteiger partial charge >= 0.3 is 0 Å². The van der Waals surface area contributed by atoms with Crippen LogP contribution in [0.3, 0.4) is 0 Å². The van der Waals surface area contributed by atoms with Crippen molar-refractivity contribution in [1.82, 2.24) is 9.38 Å². The van der Waals surface area contributed by atoms with Crippen LogP contribution < -0.4 is 4.57 Å². The molecule has 0 unspecified atom stereocenters. The van der Waals surface area contributed by atoms with Crippen molar-refractivity contribution in [2.24, 2.45) is 0 Å². The predicted octanol–water partition coefficient (Wildman–Crippen LogP) is 5.77. The maximum absolute atomic E-state index is 5.18. The summed E-state index contributed by atoms with van der Waals surface area (Å²) in [5, 5.41) is 1.23. The van der Waals surface area contributed by atoms with Crippen molar-refractivity contribution >= 4 is 33.2 Å². The van der Waals surface area contributed by atoms with E-state index in [1.807, 2.05) is 0 Å². The summed E-state index contributed by atoms with van der Waals surface area (Å²) in [6.07, 6.45) is 2.03. The monoisotopic (exact) mass is 370 g/mol. The van der Waals surface area contributed by atoms with Gasteiger partial charge in [0.15, 0.2) is 11.0 Å². The third-order valence-electron chi connectivity index (χ3n) is 6.65. The first-order valence-electron chi connectivity index (χ1n) is 10.3. The molecule has 1 aliphatic rings. The molecule has 0 atom stereocenters. The lowest BCUT2D eigenvalue weighted by Crippen LogP contribution is -2.57. The van der Waals surface area contributed by atoms with Gasteiger partial charge in [0.1, 0.15) is 5.54 Å². The Morgan fingerprint density at radius 1 is 1.04 bits per heavy atom. The number of hydrogen-bond acceptors (Lipinski definition) is 1. The van der Waals surface area contributed by atoms with Gasteiger partial charge in [-0.2, -0.15) is 4.40 Å². The van der Waals surface area contributed by atoms with Gasteiger partial charge in [-0.05, 0) is 36.6 Å². The summed E-state index contributed by atoms with van der Waals surface area (Å²) in [4.78, 5) is 5.18. The minimum Gasteiger partial charge on any atom is -0.213 e. The Morgan fingerprint density at radius 2 is 1.75 bits per heavy atom. The van der Waals surface area contributed by atoms with E-state index in [-0.39, 0.29) is 11.0 Å². The minimum absolute atomic E-state index is 0.0701. The Bertz CT molecular complexity index is 1280. The van der Waals surface area contributed by atoms with E-state index < -0.39 is 0 Å². The Morgan fingerprint density at radius 3 is 2.43 bits per heavy atom. The summed E-state index contributed by atoms with van der Waals surface area (Å²) in [7, 11) is 0. The zero-order valence-electron chi connectivity index (χ0n) is 17.5. The van der Waals surface area contributed by atoms with Crippen LogP contribution in [0.4, 0.5) is 0 Å². The van der Waals surface area contributed by atoms with E-state index in [9.17, 15) is 0 Å². The number of fused-ring (bicyclic) bond motifs is 3. The predicted molar refractivity (Wildman–Crippen MR) is 117 cm³/mol. The lowest BCUT2D eigenvalue weighted by Gasteiger charge is -2.35. The molecule has 0 N–H and O–H groups in total. The van der Waals surface area contributed by atoms with E-state index in [2.05, 4.69) is 92.6 Å². The average molecular weight is 371 g/mol. The highest BCUT2D eigenvalue weighted by molar-refractivity contribution is 6.03. The van der Waals surface area contributed by atoms with Crippen molar-refractivity contribution in [2.75, 3.05) is 0 Å². The number of rotatable bonds is 2. The average Bonchev–Trinajstić information content (AvgIpc) is 3.03. The van der Waals surface area contributed by atoms with Crippen LogP contribution in [0.25, 0.3) is 33.2 Å². The second kappa shape index (κ2) is 5.44. The van der Waals surface area contributed by atoms with E-state index in [4.69, 9.17) is 4.98 Å². The molecular weight excluding hydrogens is 342 g/mol. The number of nitrogens with zero attached hydrogens (tertiary/aromatic N) is 3. The van der Waals surface area contributed by atoms with Crippen molar-refractivity contribution < 1.29 is 4.57 Å². The SMILES string of the molecule is C=C1c2cccc3nc(C(C)(C)C)n4c5ccccc5[n+](c4c23)C1(CC)CC. The van der Waals surface area contributed by atoms with Gasteiger partial charge in [0, 0.05) is 11.0 Å². The van der Waals surface area contributed by atoms with Gasteiger partial charge in [0.05, 0.1) is 10.9 Å². The molecule has 0 spiro atoms. The first-order valence-corrected chi connectivity index (χ1v) is 10.3. The summed E-state index contributed by atoms with van der Waals surface area (Å²) in [5.74, 6) is 1.11. The third-order valence-corrected chi connectivity index (χ3v) is 6.65. The number of benzene rings is 2. The van der Waals surface area contributed by atoms with Crippen molar-refractivity contribution in [3.05, 3.63) is 60.4 Å². The Hall–Kier alpha value is -2.68. The van der Waals surface area contributed by atoms with Crippen LogP contribution in [0, 0.1) is 0 Å². The number of para-hydroxylation sites is 2. The van der Waals surface area contributed by atoms with E-state index in [0.717, 1.165) is 24.2 Å². The topological polar surface area (TPSA) is 21.2 Å². The van der Waals surface area contributed by atoms with Crippen LogP contribution in [0.1, 0.15) is 58.8 Å². The Balaban J connectivity index is 2.20. The number of hydrogen-bond donors (Lipinski definition) is 0. The molecule has 3 nitrogen and oxygen atoms in total. The molecule has 2 aromatic carbocycles. The van der Waals surface area contributed by atoms with E-state index in [0.29, 0.717) is 0 Å². The van der Waals surface area contributed by atoms with Crippen LogP contribution in [-0.4, -0.2) is 9.38 Å². The van der Waals surface area contributed by atoms with E-state index >= 15 is 0 Å². The van der Waals surface area contributed by atoms with Gasteiger partial charge in [0.2, 0.25) is 5.82 Å². The molecule has 3 heteroatoms. The van der Waals surface area contributed by atoms with Crippen molar-refractivity contribution in [2.45, 2.75) is 58.4 Å². The fourth-order valence-corrected chi connectivity index (χ4v) is 5.21. The summed E-state index contributed by atoms with van der Waals surface area (Å²) >= 11 is 0. The van der Waals surface area contributed by atoms with Gasteiger partial charge in [-0.15, -0.1) is 0 Å². The first kappa shape index (κ1) is 17.4. The quantitative estimate of drug-likeness (QED) is 0.411. The molecule has 2 aromatic heterocycles. The van der Waals surface area contributed by atoms with Crippen LogP contribution in [0.15, 0.2) is 49.0 Å². The highest BCUT2D eigenvalue weighted by Gasteiger charge is 2.47. The van der Waals surface area contributed by atoms with Gasteiger partial charge < -0.3 is 0 Å². The summed E-state index contributed by atoms with van der Waals surface area (Å²) in [5.41, 5.74) is 7.10. The van der Waals surface area contributed by atoms with Gasteiger partial charge in [-0.1, -0.05) is 65.5 Å². The Labute approximate surface area is 166 Å². The van der Waals surface area contributed by atoms with E-state index in [1.165, 1.54) is 33.2 Å². The van der Waals surface area contributed by atoms with Crippen LogP contribution >= 0.6 is 0 Å². The van der Waals surface area contributed by atoms with Crippen molar-refractivity contribution in [1.29, 1.82) is 0 Å². The molecule has 0 amide bonds. The molecule has 0 bridgehead atoms. The summed E-state index contributed by atoms with van der Waals surface area (Å²) in [6, 6.07) is 15.3. The van der Waals surface area contributed by atoms with Gasteiger partial charge in [-0.3, -0.25) is 0 Å². The maximum atomic E-state index is 5.18. The Kier molecular flexibility index (Phi) is 3.38. The molecule has 5 rings (SSSR count). The lowest BCUT2D eigenvalue weighted by molar-refractivity contribution is -0.703. The fourth-order valence-electron chi connectivity index (χ4n) is 5.21. The zero-order chi connectivity index (χ0) is 19.8. The normalized spacial score (nSPS) is 16.0. The number of aromatic nitrogens is 3. The van der Waals surface area contributed by atoms with E-state index in [1.54, 1.807) is 0 Å². The zero-order valence-corrected chi connectivity index (χ0v) is 17.5.